The summed E-state index contributed by atoms with van der Waals surface area (Å²) in [7, 11) is 1.63. The zero-order chi connectivity index (χ0) is 9.56. The second-order valence-electron chi connectivity index (χ2n) is 2.52. The van der Waals surface area contributed by atoms with E-state index in [-0.39, 0.29) is 6.04 Å². The van der Waals surface area contributed by atoms with Crippen LogP contribution in [0.2, 0.25) is 0 Å². The lowest BCUT2D eigenvalue weighted by molar-refractivity contribution is -0.129. The number of aldehydes is 1. The molecule has 70 valence electrons. The van der Waals surface area contributed by atoms with Gasteiger partial charge in [0.1, 0.15) is 6.29 Å². The lowest BCUT2D eigenvalue weighted by Crippen LogP contribution is -2.35. The number of hydroxylamine groups is 1. The highest BCUT2D eigenvalue weighted by Crippen LogP contribution is 2.02. The van der Waals surface area contributed by atoms with Gasteiger partial charge in [0.2, 0.25) is 0 Å². The maximum Gasteiger partial charge on any atom is 0.136 e. The molecule has 12 heavy (non-hydrogen) atoms. The molecule has 2 atom stereocenters. The Kier molecular flexibility index (Phi) is 5.14. The summed E-state index contributed by atoms with van der Waals surface area (Å²) in [6, 6.07) is -0.832. The van der Waals surface area contributed by atoms with E-state index in [1.807, 2.05) is 0 Å². The van der Waals surface area contributed by atoms with E-state index >= 15 is 0 Å². The first kappa shape index (κ1) is 11.0. The molecule has 0 aromatic heterocycles. The van der Waals surface area contributed by atoms with Gasteiger partial charge in [-0.25, -0.2) is 0 Å². The van der Waals surface area contributed by atoms with Crippen molar-refractivity contribution in [3.8, 4) is 0 Å². The summed E-state index contributed by atoms with van der Waals surface area (Å²) in [6.07, 6.45) is 1.05. The fourth-order valence-electron chi connectivity index (χ4n) is 0.784. The standard InChI is InChI=1S/C6H13N3O3/c1-5(9(12)8-11)3-6(4-10)7-2/h4-7,12H,3H2,1-2H3. The summed E-state index contributed by atoms with van der Waals surface area (Å²) in [6.45, 7) is 1.59. The van der Waals surface area contributed by atoms with E-state index in [4.69, 9.17) is 5.21 Å². The Labute approximate surface area is 70.4 Å². The van der Waals surface area contributed by atoms with Gasteiger partial charge in [0.05, 0.1) is 17.4 Å². The predicted octanol–water partition coefficient (Wildman–Crippen LogP) is -0.0755. The molecular formula is C6H13N3O3. The molecule has 2 unspecified atom stereocenters. The third kappa shape index (κ3) is 3.40. The van der Waals surface area contributed by atoms with Gasteiger partial charge in [0.15, 0.2) is 0 Å². The number of hydrogen-bond donors (Lipinski definition) is 2. The first-order chi connectivity index (χ1) is 5.65. The fourth-order valence-corrected chi connectivity index (χ4v) is 0.784. The summed E-state index contributed by atoms with van der Waals surface area (Å²) >= 11 is 0. The van der Waals surface area contributed by atoms with Crippen LogP contribution in [0.4, 0.5) is 0 Å². The summed E-state index contributed by atoms with van der Waals surface area (Å²) in [5, 5.41) is 14.1. The van der Waals surface area contributed by atoms with Crippen molar-refractivity contribution in [1.82, 2.24) is 10.5 Å². The molecule has 0 rings (SSSR count). The van der Waals surface area contributed by atoms with Crippen molar-refractivity contribution < 1.29 is 10.0 Å². The van der Waals surface area contributed by atoms with Crippen LogP contribution in [0.1, 0.15) is 13.3 Å². The average Bonchev–Trinajstić information content (AvgIpc) is 2.12. The van der Waals surface area contributed by atoms with E-state index in [0.29, 0.717) is 11.6 Å². The molecule has 6 nitrogen and oxygen atoms in total. The van der Waals surface area contributed by atoms with Crippen LogP contribution in [0, 0.1) is 4.91 Å². The van der Waals surface area contributed by atoms with Crippen molar-refractivity contribution in [3.63, 3.8) is 0 Å². The molecule has 0 spiro atoms. The highest BCUT2D eigenvalue weighted by atomic mass is 16.6. The van der Waals surface area contributed by atoms with Crippen molar-refractivity contribution in [2.24, 2.45) is 5.29 Å². The molecule has 2 N–H and O–H groups in total. The van der Waals surface area contributed by atoms with E-state index in [2.05, 4.69) is 10.6 Å². The van der Waals surface area contributed by atoms with Gasteiger partial charge in [-0.1, -0.05) is 0 Å². The van der Waals surface area contributed by atoms with Crippen LogP contribution < -0.4 is 5.32 Å². The zero-order valence-electron chi connectivity index (χ0n) is 7.10. The van der Waals surface area contributed by atoms with Gasteiger partial charge < -0.3 is 10.1 Å². The number of nitrogens with one attached hydrogen (secondary N) is 1. The Morgan fingerprint density at radius 3 is 2.67 bits per heavy atom. The van der Waals surface area contributed by atoms with Crippen LogP contribution in [0.25, 0.3) is 0 Å². The van der Waals surface area contributed by atoms with Crippen molar-refractivity contribution in [3.05, 3.63) is 4.91 Å². The van der Waals surface area contributed by atoms with Gasteiger partial charge in [0.25, 0.3) is 0 Å². The van der Waals surface area contributed by atoms with Crippen LogP contribution in [-0.2, 0) is 4.79 Å². The van der Waals surface area contributed by atoms with Crippen molar-refractivity contribution in [1.29, 1.82) is 0 Å². The maximum absolute atomic E-state index is 10.3. The van der Waals surface area contributed by atoms with Gasteiger partial charge in [0, 0.05) is 0 Å². The van der Waals surface area contributed by atoms with E-state index < -0.39 is 6.04 Å². The molecule has 6 heteroatoms. The lowest BCUT2D eigenvalue weighted by atomic mass is 10.1. The first-order valence-electron chi connectivity index (χ1n) is 3.59. The monoisotopic (exact) mass is 175 g/mol. The Hall–Kier alpha value is -1.01. The highest BCUT2D eigenvalue weighted by Gasteiger charge is 2.15. The minimum absolute atomic E-state index is 0.299. The minimum atomic E-state index is -0.467. The zero-order valence-corrected chi connectivity index (χ0v) is 7.10. The largest absolute Gasteiger partial charge is 0.311 e. The van der Waals surface area contributed by atoms with Crippen LogP contribution in [-0.4, -0.2) is 35.8 Å². The molecule has 0 radical (unpaired) electrons. The first-order valence-corrected chi connectivity index (χ1v) is 3.59. The van der Waals surface area contributed by atoms with Gasteiger partial charge in [-0.05, 0) is 20.4 Å². The van der Waals surface area contributed by atoms with E-state index in [0.717, 1.165) is 6.29 Å². The molecular weight excluding hydrogens is 162 g/mol. The van der Waals surface area contributed by atoms with Gasteiger partial charge >= 0.3 is 0 Å². The molecule has 0 saturated heterocycles. The normalized spacial score (nSPS) is 14.9. The van der Waals surface area contributed by atoms with Crippen LogP contribution in [0.5, 0.6) is 0 Å². The molecule has 0 aliphatic carbocycles. The Balaban J connectivity index is 3.87. The van der Waals surface area contributed by atoms with Gasteiger partial charge in [-0.3, -0.25) is 5.21 Å². The summed E-state index contributed by atoms with van der Waals surface area (Å²) in [5.74, 6) is 0. The highest BCUT2D eigenvalue weighted by molar-refractivity contribution is 5.57. The van der Waals surface area contributed by atoms with E-state index in [9.17, 15) is 9.70 Å². The maximum atomic E-state index is 10.3. The van der Waals surface area contributed by atoms with Gasteiger partial charge in [-0.2, -0.15) is 0 Å². The van der Waals surface area contributed by atoms with Crippen LogP contribution in [0.3, 0.4) is 0 Å². The topological polar surface area (TPSA) is 82.0 Å². The number of nitroso groups, excluding NO2 is 1. The number of carbonyl (C=O) groups is 1. The smallest absolute Gasteiger partial charge is 0.136 e. The molecule has 0 aliphatic heterocycles. The number of carbonyl (C=O) groups excluding carboxylic acids is 1. The van der Waals surface area contributed by atoms with E-state index in [1.54, 1.807) is 14.0 Å². The summed E-state index contributed by atoms with van der Waals surface area (Å²) < 4.78 is 0. The van der Waals surface area contributed by atoms with Crippen LogP contribution in [0.15, 0.2) is 5.29 Å². The lowest BCUT2D eigenvalue weighted by Gasteiger charge is -2.18. The van der Waals surface area contributed by atoms with E-state index in [1.165, 1.54) is 0 Å². The number of rotatable bonds is 6. The number of nitrogens with zero attached hydrogens (tertiary/aromatic N) is 2. The van der Waals surface area contributed by atoms with Crippen LogP contribution >= 0.6 is 0 Å². The predicted molar refractivity (Wildman–Crippen MR) is 42.4 cm³/mol. The average molecular weight is 175 g/mol. The third-order valence-corrected chi connectivity index (χ3v) is 1.61. The summed E-state index contributed by atoms with van der Waals surface area (Å²) in [4.78, 5) is 20.1. The number of likely N-dealkylation sites (N-methyl/N-ethyl adjacent to an activating group) is 1. The number of hydrogen-bond acceptors (Lipinski definition) is 5. The molecule has 0 bridgehead atoms. The molecule has 0 aliphatic rings. The Bertz CT molecular complexity index is 153. The molecule has 0 aromatic carbocycles. The van der Waals surface area contributed by atoms with Crippen molar-refractivity contribution >= 4 is 6.29 Å². The fraction of sp³-hybridized carbons (Fsp3) is 0.833. The van der Waals surface area contributed by atoms with Crippen molar-refractivity contribution in [2.45, 2.75) is 25.4 Å². The molecule has 0 heterocycles. The molecule has 0 fully saturated rings. The third-order valence-electron chi connectivity index (χ3n) is 1.61. The van der Waals surface area contributed by atoms with Crippen molar-refractivity contribution in [2.75, 3.05) is 7.05 Å². The van der Waals surface area contributed by atoms with Gasteiger partial charge in [-0.15, -0.1) is 10.1 Å². The SMILES string of the molecule is CNC(C=O)CC(C)N(O)N=O. The summed E-state index contributed by atoms with van der Waals surface area (Å²) in [5.41, 5.74) is 0. The Morgan fingerprint density at radius 1 is 1.75 bits per heavy atom. The minimum Gasteiger partial charge on any atom is -0.311 e. The molecule has 0 amide bonds. The Morgan fingerprint density at radius 2 is 2.33 bits per heavy atom. The second-order valence-corrected chi connectivity index (χ2v) is 2.52. The quantitative estimate of drug-likeness (QED) is 0.335. The molecule has 0 aromatic rings. The second kappa shape index (κ2) is 5.62. The molecule has 0 saturated carbocycles.